The summed E-state index contributed by atoms with van der Waals surface area (Å²) in [6.07, 6.45) is 4.32. The van der Waals surface area contributed by atoms with Crippen molar-refractivity contribution < 1.29 is 4.74 Å². The summed E-state index contributed by atoms with van der Waals surface area (Å²) in [5, 5.41) is 7.35. The summed E-state index contributed by atoms with van der Waals surface area (Å²) in [6, 6.07) is 21.5. The molecule has 0 atom stereocenters. The molecular weight excluding hydrogens is 480 g/mol. The molecule has 1 aromatic heterocycles. The molecule has 0 unspecified atom stereocenters. The molecule has 0 spiro atoms. The van der Waals surface area contributed by atoms with E-state index in [2.05, 4.69) is 81.1 Å². The number of rotatable bonds is 6. The highest BCUT2D eigenvalue weighted by Gasteiger charge is 2.34. The predicted molar refractivity (Wildman–Crippen MR) is 152 cm³/mol. The first-order valence-electron chi connectivity index (χ1n) is 13.3. The number of anilines is 3. The van der Waals surface area contributed by atoms with E-state index >= 15 is 0 Å². The fourth-order valence-corrected chi connectivity index (χ4v) is 5.92. The Morgan fingerprint density at radius 3 is 2.16 bits per heavy atom. The molecule has 0 saturated carbocycles. The van der Waals surface area contributed by atoms with Gasteiger partial charge in [-0.3, -0.25) is 0 Å². The lowest BCUT2D eigenvalue weighted by molar-refractivity contribution is 0.0515. The average Bonchev–Trinajstić information content (AvgIpc) is 3.64. The van der Waals surface area contributed by atoms with Crippen molar-refractivity contribution in [3.05, 3.63) is 77.4 Å². The van der Waals surface area contributed by atoms with Crippen molar-refractivity contribution in [2.75, 3.05) is 48.0 Å². The second-order valence-electron chi connectivity index (χ2n) is 10.3. The summed E-state index contributed by atoms with van der Waals surface area (Å²) in [5.41, 5.74) is 4.05. The molecule has 6 rings (SSSR count). The third-order valence-electron chi connectivity index (χ3n) is 7.94. The minimum Gasteiger partial charge on any atom is -0.381 e. The van der Waals surface area contributed by atoms with Gasteiger partial charge in [0.15, 0.2) is 5.11 Å². The summed E-state index contributed by atoms with van der Waals surface area (Å²) in [7, 11) is 0. The molecule has 0 amide bonds. The van der Waals surface area contributed by atoms with Crippen LogP contribution in [0.5, 0.6) is 0 Å². The smallest absolute Gasteiger partial charge is 0.232 e. The number of nitrogens with one attached hydrogen (secondary N) is 2. The molecule has 7 nitrogen and oxygen atoms in total. The van der Waals surface area contributed by atoms with Gasteiger partial charge in [0.25, 0.3) is 0 Å². The van der Waals surface area contributed by atoms with Crippen molar-refractivity contribution in [3.63, 3.8) is 0 Å². The molecule has 0 aliphatic carbocycles. The Bertz CT molecular complexity index is 1220. The number of aromatic nitrogens is 2. The SMILES string of the molecule is S=C(NCC1(c2ccccc2)CCOCC1)Nc1nc(N2CCCC2)cc(N2Cc3ccccc3C2)n1. The molecule has 2 fully saturated rings. The minimum atomic E-state index is -0.00397. The van der Waals surface area contributed by atoms with Crippen LogP contribution in [-0.2, 0) is 23.2 Å². The van der Waals surface area contributed by atoms with Gasteiger partial charge in [0.2, 0.25) is 5.95 Å². The molecule has 8 heteroatoms. The third-order valence-corrected chi connectivity index (χ3v) is 8.19. The Hall–Kier alpha value is -3.23. The van der Waals surface area contributed by atoms with Crippen LogP contribution >= 0.6 is 12.2 Å². The lowest BCUT2D eigenvalue weighted by Gasteiger charge is -2.38. The maximum absolute atomic E-state index is 5.76. The van der Waals surface area contributed by atoms with Crippen LogP contribution in [0, 0.1) is 0 Å². The van der Waals surface area contributed by atoms with Crippen molar-refractivity contribution in [2.24, 2.45) is 0 Å². The van der Waals surface area contributed by atoms with Gasteiger partial charge in [-0.25, -0.2) is 0 Å². The molecule has 3 aliphatic heterocycles. The zero-order valence-electron chi connectivity index (χ0n) is 21.2. The first kappa shape index (κ1) is 24.1. The van der Waals surface area contributed by atoms with E-state index in [1.807, 2.05) is 0 Å². The molecule has 192 valence electrons. The zero-order chi connectivity index (χ0) is 25.1. The van der Waals surface area contributed by atoms with Crippen LogP contribution in [0.15, 0.2) is 60.7 Å². The topological polar surface area (TPSA) is 65.6 Å². The van der Waals surface area contributed by atoms with Crippen molar-refractivity contribution in [2.45, 2.75) is 44.2 Å². The predicted octanol–water partition coefficient (Wildman–Crippen LogP) is 4.63. The summed E-state index contributed by atoms with van der Waals surface area (Å²) in [5.74, 6) is 2.45. The maximum Gasteiger partial charge on any atom is 0.232 e. The maximum atomic E-state index is 5.76. The summed E-state index contributed by atoms with van der Waals surface area (Å²) < 4.78 is 5.69. The van der Waals surface area contributed by atoms with E-state index in [9.17, 15) is 0 Å². The van der Waals surface area contributed by atoms with Gasteiger partial charge in [-0.15, -0.1) is 0 Å². The van der Waals surface area contributed by atoms with Crippen LogP contribution in [0.4, 0.5) is 17.6 Å². The Balaban J connectivity index is 1.20. The number of benzene rings is 2. The van der Waals surface area contributed by atoms with E-state index < -0.39 is 0 Å². The molecule has 3 aliphatic rings. The van der Waals surface area contributed by atoms with Gasteiger partial charge in [-0.05, 0) is 54.6 Å². The van der Waals surface area contributed by atoms with E-state index in [1.165, 1.54) is 29.5 Å². The van der Waals surface area contributed by atoms with Crippen LogP contribution < -0.4 is 20.4 Å². The Morgan fingerprint density at radius 2 is 1.49 bits per heavy atom. The summed E-state index contributed by atoms with van der Waals surface area (Å²) in [4.78, 5) is 14.5. The zero-order valence-corrected chi connectivity index (χ0v) is 22.0. The van der Waals surface area contributed by atoms with E-state index in [4.69, 9.17) is 26.9 Å². The molecule has 3 aromatic rings. The summed E-state index contributed by atoms with van der Waals surface area (Å²) in [6.45, 7) is 6.04. The normalized spacial score (nSPS) is 18.5. The van der Waals surface area contributed by atoms with Crippen LogP contribution in [0.25, 0.3) is 0 Å². The Kier molecular flexibility index (Phi) is 6.93. The summed E-state index contributed by atoms with van der Waals surface area (Å²) >= 11 is 5.76. The van der Waals surface area contributed by atoms with Crippen LogP contribution in [0.1, 0.15) is 42.4 Å². The molecule has 2 saturated heterocycles. The average molecular weight is 515 g/mol. The van der Waals surface area contributed by atoms with Gasteiger partial charge in [0, 0.05) is 57.4 Å². The second-order valence-corrected chi connectivity index (χ2v) is 10.7. The van der Waals surface area contributed by atoms with Crippen molar-refractivity contribution in [1.29, 1.82) is 0 Å². The van der Waals surface area contributed by atoms with Gasteiger partial charge in [-0.1, -0.05) is 54.6 Å². The van der Waals surface area contributed by atoms with E-state index in [0.717, 1.165) is 70.4 Å². The number of thiocarbonyl (C=S) groups is 1. The van der Waals surface area contributed by atoms with Gasteiger partial charge in [0.1, 0.15) is 11.6 Å². The van der Waals surface area contributed by atoms with Crippen LogP contribution in [0.2, 0.25) is 0 Å². The first-order valence-corrected chi connectivity index (χ1v) is 13.7. The van der Waals surface area contributed by atoms with Crippen molar-refractivity contribution in [3.8, 4) is 0 Å². The fourth-order valence-electron chi connectivity index (χ4n) is 5.76. The third kappa shape index (κ3) is 5.26. The second kappa shape index (κ2) is 10.6. The number of ether oxygens (including phenoxy) is 1. The number of fused-ring (bicyclic) bond motifs is 1. The lowest BCUT2D eigenvalue weighted by atomic mass is 9.74. The van der Waals surface area contributed by atoms with Gasteiger partial charge < -0.3 is 25.2 Å². The highest BCUT2D eigenvalue weighted by molar-refractivity contribution is 7.80. The van der Waals surface area contributed by atoms with Gasteiger partial charge in [0.05, 0.1) is 0 Å². The van der Waals surface area contributed by atoms with E-state index in [1.54, 1.807) is 0 Å². The Labute approximate surface area is 224 Å². The quantitative estimate of drug-likeness (QED) is 0.462. The van der Waals surface area contributed by atoms with Crippen LogP contribution in [-0.4, -0.2) is 47.9 Å². The van der Waals surface area contributed by atoms with Gasteiger partial charge in [-0.2, -0.15) is 9.97 Å². The van der Waals surface area contributed by atoms with E-state index in [-0.39, 0.29) is 5.41 Å². The molecule has 0 radical (unpaired) electrons. The monoisotopic (exact) mass is 514 g/mol. The van der Waals surface area contributed by atoms with Gasteiger partial charge >= 0.3 is 0 Å². The standard InChI is InChI=1S/C29H34N6OS/c37-28(30-21-29(12-16-36-17-13-29)24-10-2-1-3-11-24)33-27-31-25(34-14-6-7-15-34)18-26(32-27)35-19-22-8-4-5-9-23(22)20-35/h1-5,8-11,18H,6-7,12-17,19-21H2,(H2,30,31,32,33,37). The fraction of sp³-hybridized carbons (Fsp3) is 0.414. The lowest BCUT2D eigenvalue weighted by Crippen LogP contribution is -2.45. The highest BCUT2D eigenvalue weighted by Crippen LogP contribution is 2.34. The molecular formula is C29H34N6OS. The van der Waals surface area contributed by atoms with E-state index in [0.29, 0.717) is 11.1 Å². The molecule has 0 bridgehead atoms. The number of hydrogen-bond donors (Lipinski definition) is 2. The van der Waals surface area contributed by atoms with Crippen LogP contribution in [0.3, 0.4) is 0 Å². The minimum absolute atomic E-state index is 0.00397. The highest BCUT2D eigenvalue weighted by atomic mass is 32.1. The largest absolute Gasteiger partial charge is 0.381 e. The van der Waals surface area contributed by atoms with Crippen molar-refractivity contribution >= 4 is 34.9 Å². The Morgan fingerprint density at radius 1 is 0.865 bits per heavy atom. The molecule has 2 N–H and O–H groups in total. The number of hydrogen-bond acceptors (Lipinski definition) is 6. The van der Waals surface area contributed by atoms with Crippen molar-refractivity contribution in [1.82, 2.24) is 15.3 Å². The molecule has 4 heterocycles. The molecule has 37 heavy (non-hydrogen) atoms. The number of nitrogens with zero attached hydrogens (tertiary/aromatic N) is 4. The molecule has 2 aromatic carbocycles. The first-order chi connectivity index (χ1) is 18.2.